The van der Waals surface area contributed by atoms with Crippen LogP contribution in [-0.4, -0.2) is 19.0 Å². The number of azide groups is 1. The van der Waals surface area contributed by atoms with Crippen LogP contribution in [0.1, 0.15) is 23.2 Å². The van der Waals surface area contributed by atoms with Gasteiger partial charge in [-0.25, -0.2) is 22.0 Å². The van der Waals surface area contributed by atoms with E-state index >= 15 is 0 Å². The highest BCUT2D eigenvalue weighted by Crippen LogP contribution is 2.22. The smallest absolute Gasteiger partial charge is 0.257 e. The predicted octanol–water partition coefficient (Wildman–Crippen LogP) is 3.20. The largest absolute Gasteiger partial charge is 0.352 e. The molecule has 0 unspecified atom stereocenters. The molecule has 10 heteroatoms. The van der Waals surface area contributed by atoms with Crippen molar-refractivity contribution < 1.29 is 26.7 Å². The highest BCUT2D eigenvalue weighted by molar-refractivity contribution is 5.94. The SMILES string of the molecule is [N-]=[N+]=NCCCCNC(=O)c1c(F)c(F)c(F)c(F)c1F. The van der Waals surface area contributed by atoms with Gasteiger partial charge < -0.3 is 5.32 Å². The Morgan fingerprint density at radius 2 is 1.52 bits per heavy atom. The summed E-state index contributed by atoms with van der Waals surface area (Å²) in [5, 5.41) is 5.24. The van der Waals surface area contributed by atoms with Crippen molar-refractivity contribution in [1.29, 1.82) is 0 Å². The molecule has 0 spiro atoms. The van der Waals surface area contributed by atoms with Gasteiger partial charge in [0.1, 0.15) is 5.56 Å². The third-order valence-corrected chi connectivity index (χ3v) is 2.47. The van der Waals surface area contributed by atoms with Crippen LogP contribution in [0.25, 0.3) is 10.4 Å². The molecule has 0 aliphatic rings. The molecule has 5 nitrogen and oxygen atoms in total. The summed E-state index contributed by atoms with van der Waals surface area (Å²) in [6.07, 6.45) is 0.696. The molecule has 1 rings (SSSR count). The van der Waals surface area contributed by atoms with E-state index in [1.807, 2.05) is 5.32 Å². The normalized spacial score (nSPS) is 10.1. The van der Waals surface area contributed by atoms with E-state index in [1.54, 1.807) is 0 Å². The third-order valence-electron chi connectivity index (χ3n) is 2.47. The Labute approximate surface area is 115 Å². The van der Waals surface area contributed by atoms with Crippen molar-refractivity contribution in [3.05, 3.63) is 45.1 Å². The number of carbonyl (C=O) groups excluding carboxylic acids is 1. The summed E-state index contributed by atoms with van der Waals surface area (Å²) in [6.45, 7) is 0.0914. The first-order chi connectivity index (χ1) is 9.91. The molecular weight excluding hydrogens is 299 g/mol. The molecule has 0 radical (unpaired) electrons. The molecule has 21 heavy (non-hydrogen) atoms. The van der Waals surface area contributed by atoms with Crippen LogP contribution in [-0.2, 0) is 0 Å². The molecule has 1 aromatic rings. The first kappa shape index (κ1) is 16.7. The lowest BCUT2D eigenvalue weighted by molar-refractivity contribution is 0.0941. The molecule has 0 saturated heterocycles. The van der Waals surface area contributed by atoms with Gasteiger partial charge in [0.15, 0.2) is 23.3 Å². The van der Waals surface area contributed by atoms with E-state index in [0.717, 1.165) is 0 Å². The molecule has 1 amide bonds. The maximum absolute atomic E-state index is 13.3. The van der Waals surface area contributed by atoms with E-state index in [-0.39, 0.29) is 13.1 Å². The van der Waals surface area contributed by atoms with Crippen molar-refractivity contribution in [3.8, 4) is 0 Å². The molecule has 0 saturated carbocycles. The number of amides is 1. The Morgan fingerprint density at radius 1 is 1.00 bits per heavy atom. The molecule has 0 aliphatic heterocycles. The predicted molar refractivity (Wildman–Crippen MR) is 61.8 cm³/mol. The van der Waals surface area contributed by atoms with Crippen LogP contribution in [0.4, 0.5) is 22.0 Å². The monoisotopic (exact) mass is 308 g/mol. The fraction of sp³-hybridized carbons (Fsp3) is 0.364. The van der Waals surface area contributed by atoms with E-state index in [1.165, 1.54) is 0 Å². The maximum atomic E-state index is 13.3. The van der Waals surface area contributed by atoms with E-state index in [4.69, 9.17) is 5.53 Å². The van der Waals surface area contributed by atoms with E-state index < -0.39 is 40.6 Å². The Balaban J connectivity index is 2.77. The number of nitrogens with zero attached hydrogens (tertiary/aromatic N) is 3. The molecule has 0 aliphatic carbocycles. The number of hydrogen-bond acceptors (Lipinski definition) is 2. The second-order valence-corrected chi connectivity index (χ2v) is 3.86. The zero-order valence-corrected chi connectivity index (χ0v) is 10.5. The second kappa shape index (κ2) is 7.44. The zero-order chi connectivity index (χ0) is 16.0. The summed E-state index contributed by atoms with van der Waals surface area (Å²) < 4.78 is 65.2. The number of nitrogens with one attached hydrogen (secondary N) is 1. The van der Waals surface area contributed by atoms with Crippen LogP contribution in [0.15, 0.2) is 5.11 Å². The summed E-state index contributed by atoms with van der Waals surface area (Å²) in [5.41, 5.74) is 6.47. The molecule has 0 aromatic heterocycles. The Bertz CT molecular complexity index is 572. The number of benzene rings is 1. The van der Waals surface area contributed by atoms with Gasteiger partial charge >= 0.3 is 0 Å². The van der Waals surface area contributed by atoms with Crippen LogP contribution >= 0.6 is 0 Å². The van der Waals surface area contributed by atoms with Crippen molar-refractivity contribution in [2.24, 2.45) is 5.11 Å². The van der Waals surface area contributed by atoms with Gasteiger partial charge in [-0.1, -0.05) is 5.11 Å². The van der Waals surface area contributed by atoms with Gasteiger partial charge in [-0.2, -0.15) is 0 Å². The first-order valence-corrected chi connectivity index (χ1v) is 5.72. The molecule has 0 bridgehead atoms. The Morgan fingerprint density at radius 3 is 2.05 bits per heavy atom. The van der Waals surface area contributed by atoms with Crippen molar-refractivity contribution >= 4 is 5.91 Å². The summed E-state index contributed by atoms with van der Waals surface area (Å²) >= 11 is 0. The number of halogens is 5. The lowest BCUT2D eigenvalue weighted by Gasteiger charge is -2.08. The molecule has 1 aromatic carbocycles. The van der Waals surface area contributed by atoms with Crippen molar-refractivity contribution in [1.82, 2.24) is 5.32 Å². The first-order valence-electron chi connectivity index (χ1n) is 5.72. The van der Waals surface area contributed by atoms with Gasteiger partial charge in [0, 0.05) is 18.0 Å². The summed E-state index contributed by atoms with van der Waals surface area (Å²) in [4.78, 5) is 13.9. The molecule has 0 atom stereocenters. The van der Waals surface area contributed by atoms with Crippen LogP contribution in [0.5, 0.6) is 0 Å². The second-order valence-electron chi connectivity index (χ2n) is 3.86. The lowest BCUT2D eigenvalue weighted by Crippen LogP contribution is -2.28. The van der Waals surface area contributed by atoms with Gasteiger partial charge in [0.2, 0.25) is 5.82 Å². The minimum absolute atomic E-state index is 0.0702. The molecular formula is C11H9F5N4O. The van der Waals surface area contributed by atoms with Crippen LogP contribution < -0.4 is 5.32 Å². The molecule has 114 valence electrons. The average Bonchev–Trinajstić information content (AvgIpc) is 2.47. The molecule has 0 heterocycles. The van der Waals surface area contributed by atoms with Gasteiger partial charge in [0.05, 0.1) is 0 Å². The van der Waals surface area contributed by atoms with Gasteiger partial charge in [0.25, 0.3) is 5.91 Å². The maximum Gasteiger partial charge on any atom is 0.257 e. The minimum Gasteiger partial charge on any atom is -0.352 e. The highest BCUT2D eigenvalue weighted by atomic mass is 19.2. The van der Waals surface area contributed by atoms with Crippen molar-refractivity contribution in [2.45, 2.75) is 12.8 Å². The number of hydrogen-bond donors (Lipinski definition) is 1. The van der Waals surface area contributed by atoms with E-state index in [2.05, 4.69) is 10.0 Å². The topological polar surface area (TPSA) is 77.9 Å². The van der Waals surface area contributed by atoms with Crippen LogP contribution in [0.3, 0.4) is 0 Å². The van der Waals surface area contributed by atoms with E-state index in [9.17, 15) is 26.7 Å². The van der Waals surface area contributed by atoms with Crippen molar-refractivity contribution in [3.63, 3.8) is 0 Å². The molecule has 1 N–H and O–H groups in total. The summed E-state index contributed by atoms with van der Waals surface area (Å²) in [7, 11) is 0. The Kier molecular flexibility index (Phi) is 5.92. The fourth-order valence-electron chi connectivity index (χ4n) is 1.45. The number of unbranched alkanes of at least 4 members (excludes halogenated alkanes) is 1. The molecule has 0 fully saturated rings. The minimum atomic E-state index is -2.32. The van der Waals surface area contributed by atoms with Crippen LogP contribution in [0, 0.1) is 29.1 Å². The Hall–Kier alpha value is -2.35. The van der Waals surface area contributed by atoms with Gasteiger partial charge in [-0.05, 0) is 18.4 Å². The fourth-order valence-corrected chi connectivity index (χ4v) is 1.45. The van der Waals surface area contributed by atoms with Gasteiger partial charge in [-0.3, -0.25) is 4.79 Å². The lowest BCUT2D eigenvalue weighted by atomic mass is 10.1. The standard InChI is InChI=1S/C11H9F5N4O/c12-6-5(7(13)9(15)10(16)8(6)14)11(21)18-3-1-2-4-19-20-17/h1-4H2,(H,18,21). The number of carbonyl (C=O) groups is 1. The number of rotatable bonds is 6. The van der Waals surface area contributed by atoms with E-state index in [0.29, 0.717) is 12.8 Å². The summed E-state index contributed by atoms with van der Waals surface area (Å²) in [5.74, 6) is -12.5. The summed E-state index contributed by atoms with van der Waals surface area (Å²) in [6, 6.07) is 0. The van der Waals surface area contributed by atoms with Crippen molar-refractivity contribution in [2.75, 3.05) is 13.1 Å². The average molecular weight is 308 g/mol. The van der Waals surface area contributed by atoms with Gasteiger partial charge in [-0.15, -0.1) is 0 Å². The van der Waals surface area contributed by atoms with Crippen LogP contribution in [0.2, 0.25) is 0 Å². The highest BCUT2D eigenvalue weighted by Gasteiger charge is 2.29. The third kappa shape index (κ3) is 3.82. The zero-order valence-electron chi connectivity index (χ0n) is 10.5. The quantitative estimate of drug-likeness (QED) is 0.164.